The minimum absolute atomic E-state index is 0.207. The summed E-state index contributed by atoms with van der Waals surface area (Å²) in [6, 6.07) is 6.78. The molecule has 1 amide bonds. The van der Waals surface area contributed by atoms with Crippen molar-refractivity contribution in [2.45, 2.75) is 44.6 Å². The number of likely N-dealkylation sites (tertiary alicyclic amines) is 1. The number of nitrogens with zero attached hydrogens (tertiary/aromatic N) is 1. The van der Waals surface area contributed by atoms with Crippen LogP contribution >= 0.6 is 0 Å². The van der Waals surface area contributed by atoms with Crippen molar-refractivity contribution in [2.24, 2.45) is 0 Å². The molecule has 108 valence electrons. The number of piperidine rings is 1. The van der Waals surface area contributed by atoms with E-state index in [0.717, 1.165) is 31.5 Å². The van der Waals surface area contributed by atoms with Gasteiger partial charge in [-0.1, -0.05) is 6.07 Å². The number of likely N-dealkylation sites (N-methyl/N-ethyl adjacent to an activating group) is 1. The molecule has 0 spiro atoms. The van der Waals surface area contributed by atoms with Gasteiger partial charge >= 0.3 is 0 Å². The normalized spacial score (nSPS) is 22.4. The standard InChI is InChI=1S/C17H24N2O/c1-18-16-7-4-10-19(12-16)17(20)15-9-8-13-5-2-3-6-14(13)11-15/h8-9,11,16,18H,2-7,10,12H2,1H3. The second kappa shape index (κ2) is 5.96. The number of aryl methyl sites for hydroxylation is 2. The van der Waals surface area contributed by atoms with Crippen LogP contribution in [0.3, 0.4) is 0 Å². The quantitative estimate of drug-likeness (QED) is 0.896. The maximum atomic E-state index is 12.6. The molecule has 0 aromatic heterocycles. The van der Waals surface area contributed by atoms with E-state index in [1.807, 2.05) is 18.0 Å². The van der Waals surface area contributed by atoms with Crippen LogP contribution in [0.15, 0.2) is 18.2 Å². The zero-order valence-electron chi connectivity index (χ0n) is 12.3. The molecule has 1 unspecified atom stereocenters. The molecule has 1 fully saturated rings. The van der Waals surface area contributed by atoms with E-state index in [1.54, 1.807) is 0 Å². The van der Waals surface area contributed by atoms with Gasteiger partial charge in [-0.05, 0) is 68.8 Å². The summed E-state index contributed by atoms with van der Waals surface area (Å²) in [4.78, 5) is 14.7. The Balaban J connectivity index is 1.76. The molecule has 1 N–H and O–H groups in total. The van der Waals surface area contributed by atoms with Gasteiger partial charge < -0.3 is 10.2 Å². The third-order valence-corrected chi connectivity index (χ3v) is 4.71. The third-order valence-electron chi connectivity index (χ3n) is 4.71. The summed E-state index contributed by atoms with van der Waals surface area (Å²) < 4.78 is 0. The zero-order chi connectivity index (χ0) is 13.9. The highest BCUT2D eigenvalue weighted by Crippen LogP contribution is 2.23. The molecule has 1 aliphatic heterocycles. The summed E-state index contributed by atoms with van der Waals surface area (Å²) >= 11 is 0. The first-order valence-electron chi connectivity index (χ1n) is 7.86. The van der Waals surface area contributed by atoms with E-state index in [4.69, 9.17) is 0 Å². The van der Waals surface area contributed by atoms with E-state index in [-0.39, 0.29) is 5.91 Å². The van der Waals surface area contributed by atoms with E-state index in [2.05, 4.69) is 17.4 Å². The molecule has 20 heavy (non-hydrogen) atoms. The number of hydrogen-bond donors (Lipinski definition) is 1. The highest BCUT2D eigenvalue weighted by molar-refractivity contribution is 5.94. The van der Waals surface area contributed by atoms with Gasteiger partial charge in [0.2, 0.25) is 0 Å². The van der Waals surface area contributed by atoms with Crippen molar-refractivity contribution in [3.8, 4) is 0 Å². The molecule has 0 bridgehead atoms. The van der Waals surface area contributed by atoms with Crippen molar-refractivity contribution >= 4 is 5.91 Å². The molecule has 0 radical (unpaired) electrons. The van der Waals surface area contributed by atoms with Gasteiger partial charge in [0, 0.05) is 24.7 Å². The molecule has 1 atom stereocenters. The Morgan fingerprint density at radius 3 is 2.80 bits per heavy atom. The average Bonchev–Trinajstić information content (AvgIpc) is 2.53. The summed E-state index contributed by atoms with van der Waals surface area (Å²) in [6.07, 6.45) is 7.13. The Labute approximate surface area is 121 Å². The van der Waals surface area contributed by atoms with Gasteiger partial charge in [-0.25, -0.2) is 0 Å². The Morgan fingerprint density at radius 2 is 2.00 bits per heavy atom. The molecule has 3 rings (SSSR count). The highest BCUT2D eigenvalue weighted by atomic mass is 16.2. The molecular formula is C17H24N2O. The summed E-state index contributed by atoms with van der Waals surface area (Å²) in [5, 5.41) is 3.30. The molecule has 2 aliphatic rings. The van der Waals surface area contributed by atoms with E-state index >= 15 is 0 Å². The van der Waals surface area contributed by atoms with Crippen molar-refractivity contribution < 1.29 is 4.79 Å². The zero-order valence-corrected chi connectivity index (χ0v) is 12.3. The lowest BCUT2D eigenvalue weighted by Crippen LogP contribution is -2.47. The van der Waals surface area contributed by atoms with Crippen LogP contribution < -0.4 is 5.32 Å². The predicted molar refractivity (Wildman–Crippen MR) is 81.1 cm³/mol. The minimum atomic E-state index is 0.207. The number of fused-ring (bicyclic) bond motifs is 1. The van der Waals surface area contributed by atoms with Gasteiger partial charge in [0.05, 0.1) is 0 Å². The summed E-state index contributed by atoms with van der Waals surface area (Å²) in [7, 11) is 1.98. The second-order valence-corrected chi connectivity index (χ2v) is 6.07. The highest BCUT2D eigenvalue weighted by Gasteiger charge is 2.24. The van der Waals surface area contributed by atoms with Crippen LogP contribution in [0.4, 0.5) is 0 Å². The van der Waals surface area contributed by atoms with Crippen LogP contribution in [0.5, 0.6) is 0 Å². The molecule has 1 aliphatic carbocycles. The molecule has 1 saturated heterocycles. The molecule has 0 saturated carbocycles. The molecule has 3 heteroatoms. The van der Waals surface area contributed by atoms with Crippen molar-refractivity contribution in [1.29, 1.82) is 0 Å². The Morgan fingerprint density at radius 1 is 1.20 bits per heavy atom. The molecule has 1 aromatic rings. The Kier molecular flexibility index (Phi) is 4.06. The minimum Gasteiger partial charge on any atom is -0.337 e. The van der Waals surface area contributed by atoms with Gasteiger partial charge in [0.1, 0.15) is 0 Å². The first kappa shape index (κ1) is 13.6. The molecular weight excluding hydrogens is 248 g/mol. The lowest BCUT2D eigenvalue weighted by molar-refractivity contribution is 0.0698. The van der Waals surface area contributed by atoms with Crippen molar-refractivity contribution in [1.82, 2.24) is 10.2 Å². The first-order valence-corrected chi connectivity index (χ1v) is 7.86. The maximum absolute atomic E-state index is 12.6. The Hall–Kier alpha value is -1.35. The average molecular weight is 272 g/mol. The maximum Gasteiger partial charge on any atom is 0.253 e. The van der Waals surface area contributed by atoms with Crippen LogP contribution in [0, 0.1) is 0 Å². The fourth-order valence-electron chi connectivity index (χ4n) is 3.45. The van der Waals surface area contributed by atoms with Crippen molar-refractivity contribution in [3.05, 3.63) is 34.9 Å². The van der Waals surface area contributed by atoms with Gasteiger partial charge in [0.15, 0.2) is 0 Å². The van der Waals surface area contributed by atoms with Gasteiger partial charge in [-0.15, -0.1) is 0 Å². The number of carbonyl (C=O) groups excluding carboxylic acids is 1. The lowest BCUT2D eigenvalue weighted by atomic mass is 9.90. The molecule has 1 heterocycles. The Bertz CT molecular complexity index is 498. The predicted octanol–water partition coefficient (Wildman–Crippen LogP) is 2.39. The van der Waals surface area contributed by atoms with Crippen LogP contribution in [-0.4, -0.2) is 37.0 Å². The number of nitrogens with one attached hydrogen (secondary N) is 1. The topological polar surface area (TPSA) is 32.3 Å². The van der Waals surface area contributed by atoms with Crippen LogP contribution in [-0.2, 0) is 12.8 Å². The molecule has 1 aromatic carbocycles. The first-order chi connectivity index (χ1) is 9.78. The van der Waals surface area contributed by atoms with Crippen LogP contribution in [0.25, 0.3) is 0 Å². The second-order valence-electron chi connectivity index (χ2n) is 6.07. The third kappa shape index (κ3) is 2.73. The monoisotopic (exact) mass is 272 g/mol. The van der Waals surface area contributed by atoms with E-state index in [0.29, 0.717) is 6.04 Å². The van der Waals surface area contributed by atoms with Crippen molar-refractivity contribution in [2.75, 3.05) is 20.1 Å². The van der Waals surface area contributed by atoms with Gasteiger partial charge in [0.25, 0.3) is 5.91 Å². The SMILES string of the molecule is CNC1CCCN(C(=O)c2ccc3c(c2)CCCC3)C1. The molecule has 3 nitrogen and oxygen atoms in total. The summed E-state index contributed by atoms with van der Waals surface area (Å²) in [6.45, 7) is 1.74. The number of amides is 1. The van der Waals surface area contributed by atoms with Gasteiger partial charge in [-0.3, -0.25) is 4.79 Å². The number of carbonyl (C=O) groups is 1. The van der Waals surface area contributed by atoms with E-state index in [1.165, 1.54) is 36.8 Å². The van der Waals surface area contributed by atoms with Gasteiger partial charge in [-0.2, -0.15) is 0 Å². The fourth-order valence-corrected chi connectivity index (χ4v) is 3.45. The number of rotatable bonds is 2. The van der Waals surface area contributed by atoms with Crippen molar-refractivity contribution in [3.63, 3.8) is 0 Å². The smallest absolute Gasteiger partial charge is 0.253 e. The van der Waals surface area contributed by atoms with E-state index in [9.17, 15) is 4.79 Å². The number of benzene rings is 1. The fraction of sp³-hybridized carbons (Fsp3) is 0.588. The van der Waals surface area contributed by atoms with Crippen LogP contribution in [0.2, 0.25) is 0 Å². The number of hydrogen-bond acceptors (Lipinski definition) is 2. The van der Waals surface area contributed by atoms with E-state index < -0.39 is 0 Å². The summed E-state index contributed by atoms with van der Waals surface area (Å²) in [5.41, 5.74) is 3.71. The van der Waals surface area contributed by atoms with Crippen LogP contribution in [0.1, 0.15) is 47.2 Å². The summed E-state index contributed by atoms with van der Waals surface area (Å²) in [5.74, 6) is 0.207. The lowest BCUT2D eigenvalue weighted by Gasteiger charge is -2.32. The largest absolute Gasteiger partial charge is 0.337 e.